The summed E-state index contributed by atoms with van der Waals surface area (Å²) in [6.07, 6.45) is 0. The minimum absolute atomic E-state index is 0. The van der Waals surface area contributed by atoms with Crippen molar-refractivity contribution in [1.82, 2.24) is 0 Å². The van der Waals surface area contributed by atoms with Gasteiger partial charge >= 0.3 is 51.4 Å². The number of halogens is 3. The molecule has 0 aromatic heterocycles. The van der Waals surface area contributed by atoms with E-state index in [1.807, 2.05) is 0 Å². The molecule has 0 nitrogen and oxygen atoms in total. The van der Waals surface area contributed by atoms with Crippen LogP contribution in [0.3, 0.4) is 0 Å². The van der Waals surface area contributed by atoms with E-state index in [-0.39, 0.29) is 112 Å². The standard InChI is InChI=1S/3BrH.K.H3P/h3*1H;;1H3/q;;;+1;/p-1. The minimum Gasteiger partial charge on any atom is -1.00 e. The molecule has 1 unspecified atom stereocenters. The molecule has 0 bridgehead atoms. The van der Waals surface area contributed by atoms with Gasteiger partial charge in [0, 0.05) is 0 Å². The van der Waals surface area contributed by atoms with E-state index in [0.29, 0.717) is 0 Å². The molecule has 32 valence electrons. The first-order valence-electron chi connectivity index (χ1n) is 0. The van der Waals surface area contributed by atoms with Crippen molar-refractivity contribution >= 4 is 43.9 Å². The maximum Gasteiger partial charge on any atom is 1.00 e. The van der Waals surface area contributed by atoms with Crippen LogP contribution in [0.2, 0.25) is 0 Å². The first-order valence-corrected chi connectivity index (χ1v) is 0. The van der Waals surface area contributed by atoms with Gasteiger partial charge in [0.25, 0.3) is 0 Å². The molecule has 5 heavy (non-hydrogen) atoms. The zero-order chi connectivity index (χ0) is 0. The van der Waals surface area contributed by atoms with Crippen molar-refractivity contribution < 1.29 is 68.4 Å². The second-order valence-corrected chi connectivity index (χ2v) is 0. The smallest absolute Gasteiger partial charge is 1.00 e. The summed E-state index contributed by atoms with van der Waals surface area (Å²) in [6.45, 7) is 0. The Hall–Kier alpha value is 3.51. The van der Waals surface area contributed by atoms with Crippen LogP contribution in [0, 0.1) is 0 Å². The number of rotatable bonds is 0. The number of hydrogen-bond donors (Lipinski definition) is 0. The summed E-state index contributed by atoms with van der Waals surface area (Å²) in [5.41, 5.74) is 0. The molecule has 0 rings (SSSR count). The normalized spacial score (nSPS) is 0. The van der Waals surface area contributed by atoms with Gasteiger partial charge in [-0.25, -0.2) is 0 Å². The van der Waals surface area contributed by atoms with Crippen LogP contribution in [-0.4, -0.2) is 0 Å². The molecule has 0 heterocycles. The topological polar surface area (TPSA) is 0 Å². The predicted octanol–water partition coefficient (Wildman–Crippen LogP) is -4.78. The van der Waals surface area contributed by atoms with E-state index in [2.05, 4.69) is 0 Å². The van der Waals surface area contributed by atoms with Crippen molar-refractivity contribution in [3.05, 3.63) is 0 Å². The van der Waals surface area contributed by atoms with E-state index in [1.165, 1.54) is 0 Å². The summed E-state index contributed by atoms with van der Waals surface area (Å²) >= 11 is 0. The van der Waals surface area contributed by atoms with E-state index in [4.69, 9.17) is 0 Å². The molecular weight excluding hydrogens is 310 g/mol. The Bertz CT molecular complexity index is 6.85. The quantitative estimate of drug-likeness (QED) is 0.311. The molecule has 0 fully saturated rings. The Kier molecular flexibility index (Phi) is 202. The van der Waals surface area contributed by atoms with Crippen molar-refractivity contribution in [3.63, 3.8) is 0 Å². The van der Waals surface area contributed by atoms with E-state index in [1.54, 1.807) is 0 Å². The third-order valence-corrected chi connectivity index (χ3v) is 0. The Labute approximate surface area is 110 Å². The van der Waals surface area contributed by atoms with Gasteiger partial charge in [0.2, 0.25) is 0 Å². The first-order chi connectivity index (χ1) is 0. The summed E-state index contributed by atoms with van der Waals surface area (Å²) in [5.74, 6) is 0. The van der Waals surface area contributed by atoms with E-state index < -0.39 is 0 Å². The second kappa shape index (κ2) is 25.8. The Morgan fingerprint density at radius 3 is 0.800 bits per heavy atom. The summed E-state index contributed by atoms with van der Waals surface area (Å²) in [6, 6.07) is 0. The predicted molar refractivity (Wildman–Crippen MR) is 31.7 cm³/mol. The van der Waals surface area contributed by atoms with Gasteiger partial charge in [-0.15, -0.1) is 34.0 Å². The second-order valence-electron chi connectivity index (χ2n) is 0. The fraction of sp³-hybridized carbons (Fsp3) is 0. The van der Waals surface area contributed by atoms with Crippen molar-refractivity contribution in [1.29, 1.82) is 0 Å². The van der Waals surface area contributed by atoms with Gasteiger partial charge in [0.15, 0.2) is 0 Å². The zero-order valence-electron chi connectivity index (χ0n) is 2.90. The zero-order valence-corrected chi connectivity index (χ0v) is 12.5. The maximum atomic E-state index is 0. The van der Waals surface area contributed by atoms with Crippen LogP contribution in [0.5, 0.6) is 0 Å². The molecule has 1 atom stereocenters. The molecule has 0 aliphatic heterocycles. The SMILES string of the molecule is Br.Br.P.[Br-].[K+]. The summed E-state index contributed by atoms with van der Waals surface area (Å²) in [4.78, 5) is 0. The van der Waals surface area contributed by atoms with Gasteiger partial charge < -0.3 is 17.0 Å². The van der Waals surface area contributed by atoms with E-state index >= 15 is 0 Å². The van der Waals surface area contributed by atoms with Gasteiger partial charge in [-0.1, -0.05) is 0 Å². The first kappa shape index (κ1) is 39.0. The molecule has 0 saturated heterocycles. The van der Waals surface area contributed by atoms with E-state index in [9.17, 15) is 0 Å². The van der Waals surface area contributed by atoms with Crippen LogP contribution in [-0.2, 0) is 0 Å². The average Bonchev–Trinajstić information content (AvgIpc) is 0. The van der Waals surface area contributed by atoms with Crippen LogP contribution in [0.4, 0.5) is 0 Å². The van der Waals surface area contributed by atoms with Gasteiger partial charge in [0.05, 0.1) is 0 Å². The maximum absolute atomic E-state index is 0. The van der Waals surface area contributed by atoms with Gasteiger partial charge in [-0.05, 0) is 0 Å². The molecule has 0 aromatic carbocycles. The molecule has 0 radical (unpaired) electrons. The average molecular weight is 315 g/mol. The third-order valence-electron chi connectivity index (χ3n) is 0. The van der Waals surface area contributed by atoms with Crippen molar-refractivity contribution in [3.8, 4) is 0 Å². The molecule has 0 aliphatic carbocycles. The van der Waals surface area contributed by atoms with Crippen LogP contribution < -0.4 is 68.4 Å². The van der Waals surface area contributed by atoms with Gasteiger partial charge in [0.1, 0.15) is 0 Å². The number of hydrogen-bond acceptors (Lipinski definition) is 0. The Morgan fingerprint density at radius 1 is 0.800 bits per heavy atom. The molecular formula is H5Br3KP. The van der Waals surface area contributed by atoms with Gasteiger partial charge in [-0.2, -0.15) is 9.90 Å². The van der Waals surface area contributed by atoms with Gasteiger partial charge in [-0.3, -0.25) is 0 Å². The van der Waals surface area contributed by atoms with Crippen molar-refractivity contribution in [2.75, 3.05) is 0 Å². The fourth-order valence-electron chi connectivity index (χ4n) is 0. The summed E-state index contributed by atoms with van der Waals surface area (Å²) < 4.78 is 0. The molecule has 0 amide bonds. The van der Waals surface area contributed by atoms with Crippen LogP contribution in [0.25, 0.3) is 0 Å². The third kappa shape index (κ3) is 18.5. The summed E-state index contributed by atoms with van der Waals surface area (Å²) in [7, 11) is 0. The Balaban J connectivity index is 0. The minimum atomic E-state index is 0. The molecule has 0 saturated carbocycles. The van der Waals surface area contributed by atoms with Crippen molar-refractivity contribution in [2.45, 2.75) is 0 Å². The molecule has 5 heteroatoms. The molecule has 0 spiro atoms. The largest absolute Gasteiger partial charge is 1.00 e. The fourth-order valence-corrected chi connectivity index (χ4v) is 0. The molecule has 0 aromatic rings. The summed E-state index contributed by atoms with van der Waals surface area (Å²) in [5, 5.41) is 0. The monoisotopic (exact) mass is 312 g/mol. The van der Waals surface area contributed by atoms with Crippen molar-refractivity contribution in [2.24, 2.45) is 0 Å². The van der Waals surface area contributed by atoms with Crippen LogP contribution in [0.1, 0.15) is 0 Å². The molecule has 0 aliphatic rings. The van der Waals surface area contributed by atoms with E-state index in [0.717, 1.165) is 0 Å². The van der Waals surface area contributed by atoms with Crippen LogP contribution >= 0.6 is 43.9 Å². The van der Waals surface area contributed by atoms with Crippen LogP contribution in [0.15, 0.2) is 0 Å². The molecule has 0 N–H and O–H groups in total. The Morgan fingerprint density at radius 2 is 0.800 bits per heavy atom.